The number of hydrogen-bond acceptors (Lipinski definition) is 6. The van der Waals surface area contributed by atoms with Gasteiger partial charge in [-0.05, 0) is 40.2 Å². The van der Waals surface area contributed by atoms with E-state index >= 15 is 0 Å². The lowest BCUT2D eigenvalue weighted by molar-refractivity contribution is -0.152. The highest BCUT2D eigenvalue weighted by Gasteiger charge is 2.35. The number of carbonyl (C=O) groups is 1. The molecule has 0 amide bonds. The van der Waals surface area contributed by atoms with Crippen LogP contribution in [0.4, 0.5) is 0 Å². The minimum atomic E-state index is -1.18. The van der Waals surface area contributed by atoms with Gasteiger partial charge in [-0.3, -0.25) is 4.79 Å². The van der Waals surface area contributed by atoms with Crippen LogP contribution in [-0.2, 0) is 15.1 Å². The summed E-state index contributed by atoms with van der Waals surface area (Å²) in [5, 5.41) is 8.48. The molecule has 2 rings (SSSR count). The van der Waals surface area contributed by atoms with Gasteiger partial charge in [0.05, 0.1) is 12.0 Å². The lowest BCUT2D eigenvalue weighted by atomic mass is 10.1. The molecule has 0 fully saturated rings. The standard InChI is InChI=1S/C13H17N3O3S/c1-6-19-12(18)13(4,5)16-11(17)9-7(2)8(3)20-10(9)14-15-16/h6H2,1-5H3. The van der Waals surface area contributed by atoms with Crippen LogP contribution in [0.1, 0.15) is 31.2 Å². The van der Waals surface area contributed by atoms with Gasteiger partial charge in [0.25, 0.3) is 5.56 Å². The van der Waals surface area contributed by atoms with Crippen molar-refractivity contribution in [2.24, 2.45) is 0 Å². The fourth-order valence-corrected chi connectivity index (χ4v) is 2.89. The van der Waals surface area contributed by atoms with Crippen LogP contribution >= 0.6 is 11.3 Å². The summed E-state index contributed by atoms with van der Waals surface area (Å²) in [6.45, 7) is 8.98. The number of thiophene rings is 1. The predicted molar refractivity (Wildman–Crippen MR) is 77.1 cm³/mol. The van der Waals surface area contributed by atoms with Crippen molar-refractivity contribution >= 4 is 27.5 Å². The maximum atomic E-state index is 12.6. The Hall–Kier alpha value is -1.76. The van der Waals surface area contributed by atoms with Crippen LogP contribution in [0.2, 0.25) is 0 Å². The highest BCUT2D eigenvalue weighted by Crippen LogP contribution is 2.26. The summed E-state index contributed by atoms with van der Waals surface area (Å²) in [6, 6.07) is 0. The lowest BCUT2D eigenvalue weighted by Gasteiger charge is -2.22. The summed E-state index contributed by atoms with van der Waals surface area (Å²) in [5.74, 6) is -0.500. The number of rotatable bonds is 3. The van der Waals surface area contributed by atoms with Gasteiger partial charge in [-0.25, -0.2) is 4.79 Å². The molecule has 0 aliphatic heterocycles. The van der Waals surface area contributed by atoms with Gasteiger partial charge in [0.1, 0.15) is 0 Å². The molecule has 7 heteroatoms. The topological polar surface area (TPSA) is 74.1 Å². The molecule has 108 valence electrons. The summed E-state index contributed by atoms with van der Waals surface area (Å²) in [4.78, 5) is 26.2. The van der Waals surface area contributed by atoms with Gasteiger partial charge >= 0.3 is 5.97 Å². The van der Waals surface area contributed by atoms with Crippen molar-refractivity contribution < 1.29 is 9.53 Å². The first-order valence-corrected chi connectivity index (χ1v) is 7.15. The number of fused-ring (bicyclic) bond motifs is 1. The summed E-state index contributed by atoms with van der Waals surface area (Å²) in [7, 11) is 0. The van der Waals surface area contributed by atoms with E-state index in [9.17, 15) is 9.59 Å². The first-order chi connectivity index (χ1) is 9.30. The second kappa shape index (κ2) is 4.97. The minimum absolute atomic E-state index is 0.253. The minimum Gasteiger partial charge on any atom is -0.464 e. The van der Waals surface area contributed by atoms with Crippen LogP contribution in [0.15, 0.2) is 4.79 Å². The van der Waals surface area contributed by atoms with Crippen molar-refractivity contribution in [1.29, 1.82) is 0 Å². The molecule has 0 unspecified atom stereocenters. The number of nitrogens with zero attached hydrogens (tertiary/aromatic N) is 3. The Labute approximate surface area is 120 Å². The van der Waals surface area contributed by atoms with Crippen LogP contribution in [-0.4, -0.2) is 27.6 Å². The van der Waals surface area contributed by atoms with Crippen molar-refractivity contribution in [1.82, 2.24) is 15.0 Å². The zero-order valence-electron chi connectivity index (χ0n) is 12.2. The molecule has 2 aromatic heterocycles. The number of carbonyl (C=O) groups excluding carboxylic acids is 1. The molecule has 20 heavy (non-hydrogen) atoms. The molecule has 2 heterocycles. The predicted octanol–water partition coefficient (Wildman–Crippen LogP) is 1.77. The molecule has 0 saturated carbocycles. The Morgan fingerprint density at radius 1 is 1.40 bits per heavy atom. The van der Waals surface area contributed by atoms with E-state index in [1.807, 2.05) is 13.8 Å². The maximum absolute atomic E-state index is 12.6. The van der Waals surface area contributed by atoms with Crippen molar-refractivity contribution in [3.63, 3.8) is 0 Å². The Balaban J connectivity index is 2.67. The first kappa shape index (κ1) is 14.6. The van der Waals surface area contributed by atoms with Gasteiger partial charge in [0.15, 0.2) is 10.4 Å². The Morgan fingerprint density at radius 3 is 2.65 bits per heavy atom. The van der Waals surface area contributed by atoms with Gasteiger partial charge in [0.2, 0.25) is 0 Å². The smallest absolute Gasteiger partial charge is 0.333 e. The number of esters is 1. The van der Waals surface area contributed by atoms with E-state index in [2.05, 4.69) is 10.3 Å². The Morgan fingerprint density at radius 2 is 2.05 bits per heavy atom. The Bertz CT molecular complexity index is 730. The highest BCUT2D eigenvalue weighted by atomic mass is 32.1. The summed E-state index contributed by atoms with van der Waals surface area (Å²) in [5.41, 5.74) is -0.607. The van der Waals surface area contributed by atoms with E-state index in [-0.39, 0.29) is 12.2 Å². The van der Waals surface area contributed by atoms with Crippen LogP contribution in [0.25, 0.3) is 10.2 Å². The van der Waals surface area contributed by atoms with Crippen molar-refractivity contribution in [3.8, 4) is 0 Å². The van der Waals surface area contributed by atoms with Crippen LogP contribution in [0.3, 0.4) is 0 Å². The molecular weight excluding hydrogens is 278 g/mol. The normalized spacial score (nSPS) is 11.8. The maximum Gasteiger partial charge on any atom is 0.333 e. The number of aromatic nitrogens is 3. The van der Waals surface area contributed by atoms with Gasteiger partial charge in [-0.1, -0.05) is 5.21 Å². The van der Waals surface area contributed by atoms with Crippen LogP contribution in [0.5, 0.6) is 0 Å². The van der Waals surface area contributed by atoms with Crippen LogP contribution < -0.4 is 5.56 Å². The second-order valence-corrected chi connectivity index (χ2v) is 6.25. The molecular formula is C13H17N3O3S. The Kier molecular flexibility index (Phi) is 3.64. The zero-order valence-corrected chi connectivity index (χ0v) is 13.0. The molecule has 0 atom stereocenters. The second-order valence-electron chi connectivity index (χ2n) is 5.05. The van der Waals surface area contributed by atoms with Gasteiger partial charge in [-0.2, -0.15) is 4.68 Å². The van der Waals surface area contributed by atoms with Crippen molar-refractivity contribution in [3.05, 3.63) is 20.8 Å². The van der Waals surface area contributed by atoms with E-state index in [0.29, 0.717) is 10.2 Å². The molecule has 2 aromatic rings. The van der Waals surface area contributed by atoms with E-state index < -0.39 is 11.5 Å². The fourth-order valence-electron chi connectivity index (χ4n) is 1.92. The molecule has 0 aromatic carbocycles. The SMILES string of the molecule is CCOC(=O)C(C)(C)n1nnc2sc(C)c(C)c2c1=O. The highest BCUT2D eigenvalue weighted by molar-refractivity contribution is 7.18. The average Bonchev–Trinajstić information content (AvgIpc) is 2.66. The third kappa shape index (κ3) is 2.11. The first-order valence-electron chi connectivity index (χ1n) is 6.34. The van der Waals surface area contributed by atoms with Gasteiger partial charge in [-0.15, -0.1) is 16.4 Å². The molecule has 0 bridgehead atoms. The summed E-state index contributed by atoms with van der Waals surface area (Å²) in [6.07, 6.45) is 0. The van der Waals surface area contributed by atoms with Crippen molar-refractivity contribution in [2.75, 3.05) is 6.61 Å². The van der Waals surface area contributed by atoms with Gasteiger partial charge < -0.3 is 4.74 Å². The molecule has 0 saturated heterocycles. The third-order valence-corrected chi connectivity index (χ3v) is 4.39. The molecule has 6 nitrogen and oxygen atoms in total. The fraction of sp³-hybridized carbons (Fsp3) is 0.538. The van der Waals surface area contributed by atoms with E-state index in [1.54, 1.807) is 20.8 Å². The molecule has 0 aliphatic carbocycles. The van der Waals surface area contributed by atoms with E-state index in [4.69, 9.17) is 4.74 Å². The van der Waals surface area contributed by atoms with E-state index in [1.165, 1.54) is 11.3 Å². The summed E-state index contributed by atoms with van der Waals surface area (Å²) >= 11 is 1.43. The largest absolute Gasteiger partial charge is 0.464 e. The molecule has 0 spiro atoms. The number of aryl methyl sites for hydroxylation is 2. The average molecular weight is 295 g/mol. The zero-order chi connectivity index (χ0) is 15.1. The molecule has 0 radical (unpaired) electrons. The van der Waals surface area contributed by atoms with Gasteiger partial charge in [0, 0.05) is 4.88 Å². The quantitative estimate of drug-likeness (QED) is 0.807. The monoisotopic (exact) mass is 295 g/mol. The molecule has 0 N–H and O–H groups in total. The number of hydrogen-bond donors (Lipinski definition) is 0. The van der Waals surface area contributed by atoms with Crippen LogP contribution in [0, 0.1) is 13.8 Å². The van der Waals surface area contributed by atoms with E-state index in [0.717, 1.165) is 15.1 Å². The third-order valence-electron chi connectivity index (χ3n) is 3.30. The van der Waals surface area contributed by atoms with Crippen molar-refractivity contribution in [2.45, 2.75) is 40.2 Å². The number of ether oxygens (including phenoxy) is 1. The molecule has 0 aliphatic rings. The lowest BCUT2D eigenvalue weighted by Crippen LogP contribution is -2.45. The summed E-state index contributed by atoms with van der Waals surface area (Å²) < 4.78 is 6.10.